The number of aliphatic hydroxyl groups excluding tert-OH is 1. The standard InChI is InChI=1S/C16H18ClNO/c1-11-5-3-6-13(9-11)16(19)10-18-15-8-4-7-14(17)12(15)2/h3-9,16,18-19H,10H2,1-2H3. The van der Waals surface area contributed by atoms with Crippen LogP contribution < -0.4 is 5.32 Å². The summed E-state index contributed by atoms with van der Waals surface area (Å²) in [4.78, 5) is 0. The molecule has 0 aliphatic carbocycles. The molecule has 0 fully saturated rings. The van der Waals surface area contributed by atoms with E-state index in [0.717, 1.165) is 27.4 Å². The van der Waals surface area contributed by atoms with Gasteiger partial charge in [0.25, 0.3) is 0 Å². The summed E-state index contributed by atoms with van der Waals surface area (Å²) < 4.78 is 0. The van der Waals surface area contributed by atoms with Gasteiger partial charge in [-0.2, -0.15) is 0 Å². The van der Waals surface area contributed by atoms with Crippen molar-refractivity contribution in [3.8, 4) is 0 Å². The fraction of sp³-hybridized carbons (Fsp3) is 0.250. The third-order valence-corrected chi connectivity index (χ3v) is 3.59. The van der Waals surface area contributed by atoms with Gasteiger partial charge in [-0.3, -0.25) is 0 Å². The summed E-state index contributed by atoms with van der Waals surface area (Å²) in [6, 6.07) is 13.6. The molecular formula is C16H18ClNO. The van der Waals surface area contributed by atoms with Crippen molar-refractivity contribution in [2.24, 2.45) is 0 Å². The van der Waals surface area contributed by atoms with E-state index >= 15 is 0 Å². The molecule has 2 N–H and O–H groups in total. The van der Waals surface area contributed by atoms with Crippen molar-refractivity contribution in [3.05, 3.63) is 64.2 Å². The Labute approximate surface area is 119 Å². The van der Waals surface area contributed by atoms with Crippen molar-refractivity contribution in [2.45, 2.75) is 20.0 Å². The fourth-order valence-electron chi connectivity index (χ4n) is 2.00. The van der Waals surface area contributed by atoms with E-state index in [9.17, 15) is 5.11 Å². The molecule has 0 bridgehead atoms. The van der Waals surface area contributed by atoms with E-state index in [2.05, 4.69) is 5.32 Å². The summed E-state index contributed by atoms with van der Waals surface area (Å²) in [5, 5.41) is 14.1. The molecule has 2 nitrogen and oxygen atoms in total. The second-order valence-electron chi connectivity index (χ2n) is 4.72. The fourth-order valence-corrected chi connectivity index (χ4v) is 2.18. The van der Waals surface area contributed by atoms with Crippen LogP contribution in [0.25, 0.3) is 0 Å². The Kier molecular flexibility index (Phi) is 4.46. The first-order chi connectivity index (χ1) is 9.08. The molecule has 2 rings (SSSR count). The molecule has 0 heterocycles. The van der Waals surface area contributed by atoms with Crippen molar-refractivity contribution in [3.63, 3.8) is 0 Å². The van der Waals surface area contributed by atoms with Gasteiger partial charge < -0.3 is 10.4 Å². The molecule has 0 radical (unpaired) electrons. The smallest absolute Gasteiger partial charge is 0.0962 e. The van der Waals surface area contributed by atoms with E-state index in [-0.39, 0.29) is 0 Å². The highest BCUT2D eigenvalue weighted by Crippen LogP contribution is 2.24. The quantitative estimate of drug-likeness (QED) is 0.880. The lowest BCUT2D eigenvalue weighted by atomic mass is 10.1. The van der Waals surface area contributed by atoms with Gasteiger partial charge >= 0.3 is 0 Å². The summed E-state index contributed by atoms with van der Waals surface area (Å²) in [7, 11) is 0. The van der Waals surface area contributed by atoms with Crippen molar-refractivity contribution >= 4 is 17.3 Å². The number of hydrogen-bond donors (Lipinski definition) is 2. The Balaban J connectivity index is 2.04. The Bertz CT molecular complexity index is 568. The van der Waals surface area contributed by atoms with Crippen molar-refractivity contribution in [2.75, 3.05) is 11.9 Å². The van der Waals surface area contributed by atoms with Gasteiger partial charge in [-0.15, -0.1) is 0 Å². The number of aliphatic hydroxyl groups is 1. The number of benzene rings is 2. The second kappa shape index (κ2) is 6.09. The monoisotopic (exact) mass is 275 g/mol. The molecule has 0 saturated carbocycles. The van der Waals surface area contributed by atoms with Crippen LogP contribution in [0.1, 0.15) is 22.8 Å². The molecule has 0 amide bonds. The van der Waals surface area contributed by atoms with E-state index < -0.39 is 6.10 Å². The molecule has 0 saturated heterocycles. The van der Waals surface area contributed by atoms with Gasteiger partial charge in [-0.25, -0.2) is 0 Å². The minimum Gasteiger partial charge on any atom is -0.387 e. The minimum atomic E-state index is -0.529. The van der Waals surface area contributed by atoms with E-state index in [1.807, 2.05) is 56.3 Å². The average Bonchev–Trinajstić information content (AvgIpc) is 2.40. The summed E-state index contributed by atoms with van der Waals surface area (Å²) in [5.74, 6) is 0. The van der Waals surface area contributed by atoms with Crippen molar-refractivity contribution in [1.82, 2.24) is 0 Å². The molecule has 1 atom stereocenters. The van der Waals surface area contributed by atoms with Crippen LogP contribution in [0.4, 0.5) is 5.69 Å². The van der Waals surface area contributed by atoms with Crippen LogP contribution in [0.2, 0.25) is 5.02 Å². The largest absolute Gasteiger partial charge is 0.387 e. The van der Waals surface area contributed by atoms with Gasteiger partial charge in [0.2, 0.25) is 0 Å². The number of halogens is 1. The number of anilines is 1. The Morgan fingerprint density at radius 1 is 1.16 bits per heavy atom. The average molecular weight is 276 g/mol. The minimum absolute atomic E-state index is 0.463. The Hall–Kier alpha value is -1.51. The molecular weight excluding hydrogens is 258 g/mol. The van der Waals surface area contributed by atoms with Gasteiger partial charge in [0, 0.05) is 17.3 Å². The lowest BCUT2D eigenvalue weighted by Gasteiger charge is -2.15. The molecule has 2 aromatic carbocycles. The Morgan fingerprint density at radius 3 is 2.63 bits per heavy atom. The van der Waals surface area contributed by atoms with E-state index in [1.165, 1.54) is 0 Å². The third kappa shape index (κ3) is 3.49. The van der Waals surface area contributed by atoms with E-state index in [4.69, 9.17) is 11.6 Å². The summed E-state index contributed by atoms with van der Waals surface area (Å²) in [5.41, 5.74) is 4.03. The third-order valence-electron chi connectivity index (χ3n) is 3.18. The first-order valence-electron chi connectivity index (χ1n) is 6.31. The zero-order valence-electron chi connectivity index (χ0n) is 11.2. The number of nitrogens with one attached hydrogen (secondary N) is 1. The maximum atomic E-state index is 10.2. The number of rotatable bonds is 4. The summed E-state index contributed by atoms with van der Waals surface area (Å²) in [6.45, 7) is 4.44. The molecule has 1 unspecified atom stereocenters. The highest BCUT2D eigenvalue weighted by Gasteiger charge is 2.08. The predicted octanol–water partition coefficient (Wildman–Crippen LogP) is 4.10. The SMILES string of the molecule is Cc1cccc(C(O)CNc2cccc(Cl)c2C)c1. The van der Waals surface area contributed by atoms with Crippen LogP contribution in [0.5, 0.6) is 0 Å². The van der Waals surface area contributed by atoms with Crippen LogP contribution in [0.3, 0.4) is 0 Å². The summed E-state index contributed by atoms with van der Waals surface area (Å²) in [6.07, 6.45) is -0.529. The van der Waals surface area contributed by atoms with Crippen LogP contribution in [-0.4, -0.2) is 11.7 Å². The zero-order chi connectivity index (χ0) is 13.8. The molecule has 0 aliphatic rings. The van der Waals surface area contributed by atoms with Crippen molar-refractivity contribution < 1.29 is 5.11 Å². The normalized spacial score (nSPS) is 12.2. The highest BCUT2D eigenvalue weighted by atomic mass is 35.5. The number of aryl methyl sites for hydroxylation is 1. The molecule has 0 spiro atoms. The molecule has 2 aromatic rings. The summed E-state index contributed by atoms with van der Waals surface area (Å²) >= 11 is 6.06. The van der Waals surface area contributed by atoms with E-state index in [0.29, 0.717) is 6.54 Å². The van der Waals surface area contributed by atoms with Gasteiger partial charge in [0.1, 0.15) is 0 Å². The van der Waals surface area contributed by atoms with Crippen LogP contribution in [0.15, 0.2) is 42.5 Å². The van der Waals surface area contributed by atoms with Crippen LogP contribution in [0, 0.1) is 13.8 Å². The van der Waals surface area contributed by atoms with E-state index in [1.54, 1.807) is 0 Å². The van der Waals surface area contributed by atoms with Crippen LogP contribution in [-0.2, 0) is 0 Å². The maximum Gasteiger partial charge on any atom is 0.0962 e. The first-order valence-corrected chi connectivity index (χ1v) is 6.69. The van der Waals surface area contributed by atoms with Gasteiger partial charge in [-0.1, -0.05) is 47.5 Å². The van der Waals surface area contributed by atoms with Gasteiger partial charge in [0.15, 0.2) is 0 Å². The lowest BCUT2D eigenvalue weighted by Crippen LogP contribution is -2.12. The molecule has 0 aromatic heterocycles. The molecule has 100 valence electrons. The van der Waals surface area contributed by atoms with Crippen LogP contribution >= 0.6 is 11.6 Å². The zero-order valence-corrected chi connectivity index (χ0v) is 11.9. The second-order valence-corrected chi connectivity index (χ2v) is 5.13. The number of hydrogen-bond acceptors (Lipinski definition) is 2. The lowest BCUT2D eigenvalue weighted by molar-refractivity contribution is 0.191. The predicted molar refractivity (Wildman–Crippen MR) is 80.8 cm³/mol. The topological polar surface area (TPSA) is 32.3 Å². The first kappa shape index (κ1) is 13.9. The molecule has 19 heavy (non-hydrogen) atoms. The Morgan fingerprint density at radius 2 is 1.89 bits per heavy atom. The molecule has 0 aliphatic heterocycles. The maximum absolute atomic E-state index is 10.2. The molecule has 3 heteroatoms. The van der Waals surface area contributed by atoms with Gasteiger partial charge in [-0.05, 0) is 37.1 Å². The van der Waals surface area contributed by atoms with Gasteiger partial charge in [0.05, 0.1) is 6.10 Å². The van der Waals surface area contributed by atoms with Crippen molar-refractivity contribution in [1.29, 1.82) is 0 Å². The highest BCUT2D eigenvalue weighted by molar-refractivity contribution is 6.31.